The molecule has 1 atom stereocenters. The Hall–Kier alpha value is -3.14. The minimum absolute atomic E-state index is 0.0172. The highest BCUT2D eigenvalue weighted by Crippen LogP contribution is 2.37. The number of halogens is 3. The molecule has 3 heterocycles. The molecule has 1 aliphatic heterocycles. The van der Waals surface area contributed by atoms with Crippen LogP contribution in [0.1, 0.15) is 35.3 Å². The van der Waals surface area contributed by atoms with E-state index in [-0.39, 0.29) is 41.1 Å². The summed E-state index contributed by atoms with van der Waals surface area (Å²) < 4.78 is 50.4. The molecule has 2 aromatic heterocycles. The molecule has 3 aromatic rings. The van der Waals surface area contributed by atoms with E-state index in [4.69, 9.17) is 14.9 Å². The Morgan fingerprint density at radius 3 is 2.68 bits per heavy atom. The molecule has 164 valence electrons. The summed E-state index contributed by atoms with van der Waals surface area (Å²) >= 11 is 0. The number of amides is 1. The third-order valence-corrected chi connectivity index (χ3v) is 5.36. The van der Waals surface area contributed by atoms with Crippen LogP contribution < -0.4 is 10.5 Å². The van der Waals surface area contributed by atoms with Crippen LogP contribution in [0.4, 0.5) is 13.2 Å². The zero-order valence-electron chi connectivity index (χ0n) is 17.0. The second-order valence-electron chi connectivity index (χ2n) is 7.55. The van der Waals surface area contributed by atoms with Crippen LogP contribution in [0.15, 0.2) is 28.7 Å². The molecule has 2 N–H and O–H groups in total. The molecule has 0 saturated carbocycles. The number of nitrogens with zero attached hydrogens (tertiary/aromatic N) is 3. The van der Waals surface area contributed by atoms with Gasteiger partial charge < -0.3 is 19.8 Å². The van der Waals surface area contributed by atoms with Gasteiger partial charge in [0.2, 0.25) is 5.89 Å². The minimum Gasteiger partial charge on any atom is -0.494 e. The first-order valence-corrected chi connectivity index (χ1v) is 9.77. The van der Waals surface area contributed by atoms with E-state index in [1.165, 1.54) is 19.2 Å². The number of pyridine rings is 1. The predicted molar refractivity (Wildman–Crippen MR) is 106 cm³/mol. The van der Waals surface area contributed by atoms with Crippen molar-refractivity contribution in [2.24, 2.45) is 11.7 Å². The van der Waals surface area contributed by atoms with Gasteiger partial charge in [-0.15, -0.1) is 0 Å². The second kappa shape index (κ2) is 7.84. The molecule has 0 aliphatic carbocycles. The SMILES string of the molecule is COc1ccc(-c2nc(C(=O)N3CC[C@@H](C)C3)c(CN)o2)c2ccc(C(F)(F)F)nc12. The number of nitrogens with two attached hydrogens (primary N) is 1. The third kappa shape index (κ3) is 3.83. The van der Waals surface area contributed by atoms with Crippen molar-refractivity contribution >= 4 is 16.8 Å². The van der Waals surface area contributed by atoms with E-state index in [1.54, 1.807) is 11.0 Å². The van der Waals surface area contributed by atoms with E-state index in [0.29, 0.717) is 30.0 Å². The van der Waals surface area contributed by atoms with E-state index in [2.05, 4.69) is 16.9 Å². The summed E-state index contributed by atoms with van der Waals surface area (Å²) in [6.45, 7) is 3.28. The number of ether oxygens (including phenoxy) is 1. The van der Waals surface area contributed by atoms with Gasteiger partial charge in [0.25, 0.3) is 5.91 Å². The maximum Gasteiger partial charge on any atom is 0.433 e. The van der Waals surface area contributed by atoms with Crippen LogP contribution in [0, 0.1) is 5.92 Å². The van der Waals surface area contributed by atoms with Gasteiger partial charge >= 0.3 is 6.18 Å². The number of oxazole rings is 1. The quantitative estimate of drug-likeness (QED) is 0.670. The van der Waals surface area contributed by atoms with Gasteiger partial charge in [0, 0.05) is 24.0 Å². The first-order valence-electron chi connectivity index (χ1n) is 9.77. The summed E-state index contributed by atoms with van der Waals surface area (Å²) in [4.78, 5) is 22.7. The molecule has 0 bridgehead atoms. The first-order chi connectivity index (χ1) is 14.7. The Morgan fingerprint density at radius 1 is 1.29 bits per heavy atom. The Balaban J connectivity index is 1.82. The second-order valence-corrected chi connectivity index (χ2v) is 7.55. The highest BCUT2D eigenvalue weighted by Gasteiger charge is 2.33. The van der Waals surface area contributed by atoms with Crippen LogP contribution in [0.25, 0.3) is 22.4 Å². The van der Waals surface area contributed by atoms with Crippen molar-refractivity contribution in [1.29, 1.82) is 0 Å². The number of likely N-dealkylation sites (tertiary alicyclic amines) is 1. The molecule has 1 aromatic carbocycles. The zero-order chi connectivity index (χ0) is 22.3. The fourth-order valence-corrected chi connectivity index (χ4v) is 3.74. The smallest absolute Gasteiger partial charge is 0.433 e. The van der Waals surface area contributed by atoms with Crippen LogP contribution in [0.2, 0.25) is 0 Å². The lowest BCUT2D eigenvalue weighted by atomic mass is 10.1. The van der Waals surface area contributed by atoms with Gasteiger partial charge in [-0.3, -0.25) is 4.79 Å². The number of methoxy groups -OCH3 is 1. The van der Waals surface area contributed by atoms with E-state index < -0.39 is 11.9 Å². The summed E-state index contributed by atoms with van der Waals surface area (Å²) in [6.07, 6.45) is -3.69. The van der Waals surface area contributed by atoms with Gasteiger partial charge in [0.1, 0.15) is 17.0 Å². The highest BCUT2D eigenvalue weighted by atomic mass is 19.4. The largest absolute Gasteiger partial charge is 0.494 e. The normalized spacial score (nSPS) is 16.8. The third-order valence-electron chi connectivity index (χ3n) is 5.36. The Bertz CT molecular complexity index is 1140. The average Bonchev–Trinajstić information content (AvgIpc) is 3.37. The Kier molecular flexibility index (Phi) is 5.34. The topological polar surface area (TPSA) is 94.5 Å². The maximum atomic E-state index is 13.2. The molecule has 1 amide bonds. The number of alkyl halides is 3. The molecule has 10 heteroatoms. The van der Waals surface area contributed by atoms with Crippen LogP contribution in [-0.4, -0.2) is 41.0 Å². The average molecular weight is 434 g/mol. The van der Waals surface area contributed by atoms with Crippen LogP contribution >= 0.6 is 0 Å². The summed E-state index contributed by atoms with van der Waals surface area (Å²) in [7, 11) is 1.35. The van der Waals surface area contributed by atoms with Gasteiger partial charge in [-0.1, -0.05) is 6.92 Å². The highest BCUT2D eigenvalue weighted by molar-refractivity contribution is 5.98. The minimum atomic E-state index is -4.60. The van der Waals surface area contributed by atoms with Gasteiger partial charge in [-0.05, 0) is 36.6 Å². The van der Waals surface area contributed by atoms with E-state index in [9.17, 15) is 18.0 Å². The molecule has 1 saturated heterocycles. The molecule has 0 spiro atoms. The molecule has 7 nitrogen and oxygen atoms in total. The number of carbonyl (C=O) groups is 1. The van der Waals surface area contributed by atoms with Gasteiger partial charge in [0.15, 0.2) is 11.5 Å². The van der Waals surface area contributed by atoms with E-state index in [1.807, 2.05) is 0 Å². The molecule has 4 rings (SSSR count). The molecular weight excluding hydrogens is 413 g/mol. The fourth-order valence-electron chi connectivity index (χ4n) is 3.74. The van der Waals surface area contributed by atoms with Crippen molar-refractivity contribution in [2.75, 3.05) is 20.2 Å². The van der Waals surface area contributed by atoms with Crippen molar-refractivity contribution < 1.29 is 27.1 Å². The molecule has 0 radical (unpaired) electrons. The maximum absolute atomic E-state index is 13.2. The summed E-state index contributed by atoms with van der Waals surface area (Å²) in [5.74, 6) is 0.623. The number of hydrogen-bond donors (Lipinski definition) is 1. The summed E-state index contributed by atoms with van der Waals surface area (Å²) in [5.41, 5.74) is 5.26. The number of benzene rings is 1. The Labute approximate surface area is 176 Å². The summed E-state index contributed by atoms with van der Waals surface area (Å²) in [5, 5.41) is 0.353. The van der Waals surface area contributed by atoms with Crippen molar-refractivity contribution in [3.8, 4) is 17.2 Å². The molecule has 31 heavy (non-hydrogen) atoms. The number of carbonyl (C=O) groups excluding carboxylic acids is 1. The van der Waals surface area contributed by atoms with E-state index >= 15 is 0 Å². The van der Waals surface area contributed by atoms with Gasteiger partial charge in [-0.25, -0.2) is 9.97 Å². The lowest BCUT2D eigenvalue weighted by molar-refractivity contribution is -0.140. The van der Waals surface area contributed by atoms with E-state index in [0.717, 1.165) is 12.5 Å². The zero-order valence-corrected chi connectivity index (χ0v) is 17.0. The molecule has 1 aliphatic rings. The lowest BCUT2D eigenvalue weighted by Gasteiger charge is -2.14. The van der Waals surface area contributed by atoms with Crippen molar-refractivity contribution in [2.45, 2.75) is 26.1 Å². The standard InChI is InChI=1S/C21H21F3N4O3/c1-11-7-8-28(10-11)20(29)18-15(9-25)31-19(27-18)13-3-5-14(30-2)17-12(13)4-6-16(26-17)21(22,23)24/h3-6,11H,7-10,25H2,1-2H3/t11-/m1/s1. The van der Waals surface area contributed by atoms with Crippen molar-refractivity contribution in [1.82, 2.24) is 14.9 Å². The molecule has 1 fully saturated rings. The monoisotopic (exact) mass is 434 g/mol. The van der Waals surface area contributed by atoms with Crippen LogP contribution in [-0.2, 0) is 12.7 Å². The Morgan fingerprint density at radius 2 is 2.06 bits per heavy atom. The number of fused-ring (bicyclic) bond motifs is 1. The molecule has 0 unspecified atom stereocenters. The van der Waals surface area contributed by atoms with Crippen LogP contribution in [0.5, 0.6) is 5.75 Å². The summed E-state index contributed by atoms with van der Waals surface area (Å²) in [6, 6.07) is 5.27. The number of rotatable bonds is 4. The van der Waals surface area contributed by atoms with Crippen LogP contribution in [0.3, 0.4) is 0 Å². The lowest BCUT2D eigenvalue weighted by Crippen LogP contribution is -2.29. The van der Waals surface area contributed by atoms with Crippen molar-refractivity contribution in [3.63, 3.8) is 0 Å². The first kappa shape index (κ1) is 21.1. The number of aromatic nitrogens is 2. The van der Waals surface area contributed by atoms with Gasteiger partial charge in [-0.2, -0.15) is 13.2 Å². The predicted octanol–water partition coefficient (Wildman–Crippen LogP) is 3.86. The number of hydrogen-bond acceptors (Lipinski definition) is 6. The fraction of sp³-hybridized carbons (Fsp3) is 0.381. The van der Waals surface area contributed by atoms with Crippen molar-refractivity contribution in [3.05, 3.63) is 41.4 Å². The van der Waals surface area contributed by atoms with Gasteiger partial charge in [0.05, 0.1) is 13.7 Å². The molecular formula is C21H21F3N4O3.